The lowest BCUT2D eigenvalue weighted by Gasteiger charge is -2.41. The Morgan fingerprint density at radius 3 is 2.42 bits per heavy atom. The van der Waals surface area contributed by atoms with Crippen LogP contribution in [0.3, 0.4) is 0 Å². The van der Waals surface area contributed by atoms with Crippen LogP contribution in [0.25, 0.3) is 0 Å². The molecule has 0 unspecified atom stereocenters. The topological polar surface area (TPSA) is 79.3 Å². The third-order valence-corrected chi connectivity index (χ3v) is 5.12. The van der Waals surface area contributed by atoms with E-state index in [1.165, 1.54) is 4.90 Å². The van der Waals surface area contributed by atoms with Crippen LogP contribution in [0.1, 0.15) is 26.3 Å². The van der Waals surface area contributed by atoms with Crippen LogP contribution in [0.2, 0.25) is 0 Å². The van der Waals surface area contributed by atoms with Gasteiger partial charge in [-0.2, -0.15) is 0 Å². The fraction of sp³-hybridized carbons (Fsp3) is 0.579. The molecule has 1 spiro atoms. The van der Waals surface area contributed by atoms with E-state index < -0.39 is 11.2 Å². The minimum Gasteiger partial charge on any atom is -0.396 e. The normalized spacial score (nSPS) is 27.7. The van der Waals surface area contributed by atoms with Gasteiger partial charge in [0, 0.05) is 24.1 Å². The second-order valence-electron chi connectivity index (χ2n) is 7.14. The Hall–Kier alpha value is -1.96. The zero-order valence-electron chi connectivity index (χ0n) is 15.5. The molecule has 1 saturated heterocycles. The maximum absolute atomic E-state index is 13.2. The molecule has 7 heteroatoms. The molecule has 0 aliphatic carbocycles. The van der Waals surface area contributed by atoms with Crippen molar-refractivity contribution in [1.82, 2.24) is 4.90 Å². The van der Waals surface area contributed by atoms with Crippen molar-refractivity contribution in [3.8, 4) is 0 Å². The summed E-state index contributed by atoms with van der Waals surface area (Å²) in [6, 6.07) is 7.22. The monoisotopic (exact) mass is 362 g/mol. The average molecular weight is 362 g/mol. The molecule has 7 nitrogen and oxygen atoms in total. The Labute approximate surface area is 153 Å². The summed E-state index contributed by atoms with van der Waals surface area (Å²) in [5.41, 5.74) is 0.688. The van der Waals surface area contributed by atoms with E-state index in [4.69, 9.17) is 9.47 Å². The summed E-state index contributed by atoms with van der Waals surface area (Å²) in [5.74, 6) is -2.04. The number of rotatable bonds is 5. The van der Waals surface area contributed by atoms with Crippen molar-refractivity contribution in [3.63, 3.8) is 0 Å². The number of aliphatic hydroxyl groups excluding tert-OH is 1. The van der Waals surface area contributed by atoms with Gasteiger partial charge in [0.1, 0.15) is 6.54 Å². The minimum atomic E-state index is -1.53. The van der Waals surface area contributed by atoms with Gasteiger partial charge >= 0.3 is 0 Å². The maximum Gasteiger partial charge on any atom is 0.293 e. The summed E-state index contributed by atoms with van der Waals surface area (Å²) >= 11 is 0. The summed E-state index contributed by atoms with van der Waals surface area (Å²) in [6.45, 7) is 7.08. The fourth-order valence-corrected chi connectivity index (χ4v) is 3.36. The molecule has 1 aromatic carbocycles. The SMILES string of the molecule is CCN(CC)C(=O)CN1C(=O)C2(OCC(C)(CO)CO2)c2ccccc21. The average Bonchev–Trinajstić information content (AvgIpc) is 2.88. The van der Waals surface area contributed by atoms with Crippen LogP contribution < -0.4 is 4.90 Å². The van der Waals surface area contributed by atoms with E-state index in [1.807, 2.05) is 32.9 Å². The molecule has 3 rings (SSSR count). The highest BCUT2D eigenvalue weighted by Gasteiger charge is 2.57. The summed E-state index contributed by atoms with van der Waals surface area (Å²) in [6.07, 6.45) is 0. The third kappa shape index (κ3) is 2.90. The maximum atomic E-state index is 13.2. The predicted octanol–water partition coefficient (Wildman–Crippen LogP) is 1.10. The molecule has 2 aliphatic heterocycles. The van der Waals surface area contributed by atoms with Crippen molar-refractivity contribution in [1.29, 1.82) is 0 Å². The van der Waals surface area contributed by atoms with Crippen molar-refractivity contribution in [2.45, 2.75) is 26.6 Å². The molecule has 1 N–H and O–H groups in total. The van der Waals surface area contributed by atoms with Crippen molar-refractivity contribution >= 4 is 17.5 Å². The van der Waals surface area contributed by atoms with E-state index in [0.717, 1.165) is 0 Å². The molecule has 0 radical (unpaired) electrons. The first-order chi connectivity index (χ1) is 12.4. The number of aliphatic hydroxyl groups is 1. The minimum absolute atomic E-state index is 0.0523. The van der Waals surface area contributed by atoms with E-state index in [9.17, 15) is 14.7 Å². The van der Waals surface area contributed by atoms with Crippen molar-refractivity contribution < 1.29 is 24.2 Å². The Kier molecular flexibility index (Phi) is 5.05. The number of ether oxygens (including phenoxy) is 2. The van der Waals surface area contributed by atoms with E-state index in [-0.39, 0.29) is 38.2 Å². The summed E-state index contributed by atoms with van der Waals surface area (Å²) in [5, 5.41) is 9.52. The highest BCUT2D eigenvalue weighted by molar-refractivity contribution is 6.09. The molecule has 26 heavy (non-hydrogen) atoms. The molecular formula is C19H26N2O5. The van der Waals surface area contributed by atoms with Crippen molar-refractivity contribution in [3.05, 3.63) is 29.8 Å². The van der Waals surface area contributed by atoms with Crippen LogP contribution >= 0.6 is 0 Å². The summed E-state index contributed by atoms with van der Waals surface area (Å²) < 4.78 is 11.8. The standard InChI is InChI=1S/C19H26N2O5/c1-4-20(5-2)16(23)10-21-15-9-7-6-8-14(15)19(17(21)24)25-12-18(3,11-22)13-26-19/h6-9,22H,4-5,10-13H2,1-3H3. The molecular weight excluding hydrogens is 336 g/mol. The van der Waals surface area contributed by atoms with E-state index in [2.05, 4.69) is 0 Å². The van der Waals surface area contributed by atoms with Crippen LogP contribution in [-0.2, 0) is 24.8 Å². The summed E-state index contributed by atoms with van der Waals surface area (Å²) in [4.78, 5) is 28.9. The largest absolute Gasteiger partial charge is 0.396 e. The Morgan fingerprint density at radius 1 is 1.23 bits per heavy atom. The molecule has 2 heterocycles. The fourth-order valence-electron chi connectivity index (χ4n) is 3.36. The number of para-hydroxylation sites is 1. The van der Waals surface area contributed by atoms with Crippen LogP contribution in [0.15, 0.2) is 24.3 Å². The Bertz CT molecular complexity index is 693. The number of hydrogen-bond acceptors (Lipinski definition) is 5. The predicted molar refractivity (Wildman–Crippen MR) is 95.5 cm³/mol. The first kappa shape index (κ1) is 18.8. The molecule has 0 aromatic heterocycles. The number of likely N-dealkylation sites (N-methyl/N-ethyl adjacent to an activating group) is 1. The smallest absolute Gasteiger partial charge is 0.293 e. The van der Waals surface area contributed by atoms with Gasteiger partial charge in [-0.15, -0.1) is 0 Å². The van der Waals surface area contributed by atoms with Crippen molar-refractivity contribution in [2.75, 3.05) is 44.4 Å². The zero-order chi connectivity index (χ0) is 18.9. The molecule has 142 valence electrons. The first-order valence-corrected chi connectivity index (χ1v) is 8.99. The highest BCUT2D eigenvalue weighted by Crippen LogP contribution is 2.47. The second-order valence-corrected chi connectivity index (χ2v) is 7.14. The van der Waals surface area contributed by atoms with Crippen LogP contribution in [0.5, 0.6) is 0 Å². The second kappa shape index (κ2) is 6.98. The lowest BCUT2D eigenvalue weighted by atomic mass is 9.92. The number of amides is 2. The van der Waals surface area contributed by atoms with Gasteiger partial charge in [0.25, 0.3) is 11.7 Å². The van der Waals surface area contributed by atoms with Gasteiger partial charge in [0.2, 0.25) is 5.91 Å². The number of hydrogen-bond donors (Lipinski definition) is 1. The van der Waals surface area contributed by atoms with Crippen LogP contribution in [0, 0.1) is 5.41 Å². The third-order valence-electron chi connectivity index (χ3n) is 5.12. The molecule has 0 atom stereocenters. The lowest BCUT2D eigenvalue weighted by molar-refractivity contribution is -0.292. The number of nitrogens with zero attached hydrogens (tertiary/aromatic N) is 2. The molecule has 2 aliphatic rings. The lowest BCUT2D eigenvalue weighted by Crippen LogP contribution is -2.54. The molecule has 0 bridgehead atoms. The molecule has 1 aromatic rings. The Morgan fingerprint density at radius 2 is 1.85 bits per heavy atom. The van der Waals surface area contributed by atoms with E-state index >= 15 is 0 Å². The number of anilines is 1. The van der Waals surface area contributed by atoms with E-state index in [0.29, 0.717) is 24.3 Å². The number of fused-ring (bicyclic) bond motifs is 2. The summed E-state index contributed by atoms with van der Waals surface area (Å²) in [7, 11) is 0. The van der Waals surface area contributed by atoms with Crippen molar-refractivity contribution in [2.24, 2.45) is 5.41 Å². The molecule has 0 saturated carbocycles. The van der Waals surface area contributed by atoms with Crippen LogP contribution in [0.4, 0.5) is 5.69 Å². The van der Waals surface area contributed by atoms with Gasteiger partial charge in [-0.05, 0) is 19.9 Å². The van der Waals surface area contributed by atoms with Crippen LogP contribution in [-0.4, -0.2) is 61.3 Å². The van der Waals surface area contributed by atoms with Gasteiger partial charge in [0.15, 0.2) is 0 Å². The van der Waals surface area contributed by atoms with Gasteiger partial charge < -0.3 is 19.5 Å². The van der Waals surface area contributed by atoms with E-state index in [1.54, 1.807) is 17.0 Å². The van der Waals surface area contributed by atoms with Gasteiger partial charge in [-0.25, -0.2) is 0 Å². The number of benzene rings is 1. The van der Waals surface area contributed by atoms with Gasteiger partial charge in [-0.3, -0.25) is 14.5 Å². The highest BCUT2D eigenvalue weighted by atomic mass is 16.7. The van der Waals surface area contributed by atoms with Gasteiger partial charge in [0.05, 0.1) is 25.5 Å². The molecule has 2 amide bonds. The Balaban J connectivity index is 1.91. The first-order valence-electron chi connectivity index (χ1n) is 8.99. The number of carbonyl (C=O) groups excluding carboxylic acids is 2. The van der Waals surface area contributed by atoms with Gasteiger partial charge in [-0.1, -0.05) is 25.1 Å². The number of carbonyl (C=O) groups is 2. The quantitative estimate of drug-likeness (QED) is 0.849. The molecule has 1 fully saturated rings. The zero-order valence-corrected chi connectivity index (χ0v) is 15.5.